The normalized spacial score (nSPS) is 17.3. The summed E-state index contributed by atoms with van der Waals surface area (Å²) in [6.45, 7) is 4.11. The first-order valence-corrected chi connectivity index (χ1v) is 13.6. The zero-order valence-corrected chi connectivity index (χ0v) is 22.5. The van der Waals surface area contributed by atoms with Gasteiger partial charge in [0.15, 0.2) is 0 Å². The molecule has 4 nitrogen and oxygen atoms in total. The molecule has 7 heteroatoms. The molecule has 1 spiro atoms. The summed E-state index contributed by atoms with van der Waals surface area (Å²) in [5.74, 6) is 0.0105. The Hall–Kier alpha value is -2.60. The van der Waals surface area contributed by atoms with E-state index in [-0.39, 0.29) is 23.1 Å². The summed E-state index contributed by atoms with van der Waals surface area (Å²) in [6, 6.07) is 20.4. The summed E-state index contributed by atoms with van der Waals surface area (Å²) in [5, 5.41) is 4.47. The second-order valence-electron chi connectivity index (χ2n) is 10.3. The number of benzene rings is 3. The van der Waals surface area contributed by atoms with Gasteiger partial charge in [-0.25, -0.2) is 4.39 Å². The van der Waals surface area contributed by atoms with Crippen LogP contribution in [0.2, 0.25) is 10.0 Å². The largest absolute Gasteiger partial charge is 0.384 e. The number of rotatable bonds is 7. The summed E-state index contributed by atoms with van der Waals surface area (Å²) in [6.07, 6.45) is 2.73. The van der Waals surface area contributed by atoms with Gasteiger partial charge in [-0.1, -0.05) is 53.5 Å². The van der Waals surface area contributed by atoms with Crippen LogP contribution in [0.3, 0.4) is 0 Å². The van der Waals surface area contributed by atoms with Crippen LogP contribution in [0.25, 0.3) is 0 Å². The highest BCUT2D eigenvalue weighted by Crippen LogP contribution is 2.45. The predicted molar refractivity (Wildman–Crippen MR) is 149 cm³/mol. The summed E-state index contributed by atoms with van der Waals surface area (Å²) in [7, 11) is 1.85. The van der Waals surface area contributed by atoms with E-state index in [1.54, 1.807) is 17.0 Å². The van der Waals surface area contributed by atoms with Gasteiger partial charge in [-0.05, 0) is 80.9 Å². The molecule has 1 atom stereocenters. The number of piperidine rings is 1. The van der Waals surface area contributed by atoms with Crippen LogP contribution in [-0.2, 0) is 5.41 Å². The lowest BCUT2D eigenvalue weighted by atomic mass is 9.74. The number of amides is 1. The highest BCUT2D eigenvalue weighted by atomic mass is 35.5. The fourth-order valence-electron chi connectivity index (χ4n) is 5.88. The molecule has 2 aliphatic rings. The smallest absolute Gasteiger partial charge is 0.253 e. The minimum Gasteiger partial charge on any atom is -0.384 e. The van der Waals surface area contributed by atoms with Crippen LogP contribution in [0.4, 0.5) is 10.1 Å². The number of likely N-dealkylation sites (tertiary alicyclic amines) is 1. The van der Waals surface area contributed by atoms with Crippen LogP contribution in [0.15, 0.2) is 66.7 Å². The van der Waals surface area contributed by atoms with Crippen LogP contribution in [0.5, 0.6) is 0 Å². The average molecular weight is 541 g/mol. The van der Waals surface area contributed by atoms with Gasteiger partial charge in [0, 0.05) is 48.3 Å². The molecule has 0 bridgehead atoms. The van der Waals surface area contributed by atoms with Gasteiger partial charge in [-0.2, -0.15) is 0 Å². The van der Waals surface area contributed by atoms with Gasteiger partial charge in [-0.3, -0.25) is 4.79 Å². The average Bonchev–Trinajstić information content (AvgIpc) is 3.28. The highest BCUT2D eigenvalue weighted by Gasteiger charge is 2.43. The minimum absolute atomic E-state index is 0.000000107. The first-order chi connectivity index (χ1) is 17.9. The first-order valence-electron chi connectivity index (χ1n) is 12.9. The number of hydrogen-bond donors (Lipinski definition) is 1. The standard InChI is InChI=1S/C30H32Cl2FN3O/c1-35(29(37)21-6-3-2-4-7-21)19-23(22-10-11-24(31)25(32)18-22)12-15-36-16-13-30(14-17-36)20-34-27-9-5-8-26(33)28(27)30/h2-11,18,23,34H,12-17,19-20H2,1H3. The van der Waals surface area contributed by atoms with Crippen LogP contribution in [0.1, 0.15) is 46.7 Å². The van der Waals surface area contributed by atoms with Gasteiger partial charge in [-0.15, -0.1) is 0 Å². The topological polar surface area (TPSA) is 35.6 Å². The molecule has 0 radical (unpaired) electrons. The SMILES string of the molecule is CN(CC(CCN1CCC2(CC1)CNc1cccc(F)c12)c1ccc(Cl)c(Cl)c1)C(=O)c1ccccc1. The zero-order chi connectivity index (χ0) is 26.0. The van der Waals surface area contributed by atoms with E-state index >= 15 is 0 Å². The molecule has 1 amide bonds. The van der Waals surface area contributed by atoms with E-state index < -0.39 is 0 Å². The molecule has 0 aromatic heterocycles. The van der Waals surface area contributed by atoms with Crippen LogP contribution < -0.4 is 5.32 Å². The molecule has 1 unspecified atom stereocenters. The Kier molecular flexibility index (Phi) is 7.75. The molecule has 1 saturated heterocycles. The Morgan fingerprint density at radius 1 is 1.05 bits per heavy atom. The molecule has 2 heterocycles. The molecular formula is C30H32Cl2FN3O. The van der Waals surface area contributed by atoms with Crippen molar-refractivity contribution in [2.24, 2.45) is 0 Å². The lowest BCUT2D eigenvalue weighted by Crippen LogP contribution is -2.44. The Morgan fingerprint density at radius 2 is 1.81 bits per heavy atom. The Balaban J connectivity index is 1.26. The third-order valence-corrected chi connectivity index (χ3v) is 8.78. The van der Waals surface area contributed by atoms with Crippen LogP contribution >= 0.6 is 23.2 Å². The van der Waals surface area contributed by atoms with Crippen molar-refractivity contribution in [3.8, 4) is 0 Å². The van der Waals surface area contributed by atoms with Crippen molar-refractivity contribution < 1.29 is 9.18 Å². The molecule has 2 aliphatic heterocycles. The fraction of sp³-hybridized carbons (Fsp3) is 0.367. The third-order valence-electron chi connectivity index (χ3n) is 8.04. The molecule has 37 heavy (non-hydrogen) atoms. The van der Waals surface area contributed by atoms with E-state index in [1.165, 1.54) is 0 Å². The summed E-state index contributed by atoms with van der Waals surface area (Å²) >= 11 is 12.6. The first kappa shape index (κ1) is 26.0. The maximum atomic E-state index is 14.7. The Morgan fingerprint density at radius 3 is 2.54 bits per heavy atom. The molecule has 1 N–H and O–H groups in total. The van der Waals surface area contributed by atoms with Crippen molar-refractivity contribution in [2.75, 3.05) is 45.1 Å². The van der Waals surface area contributed by atoms with Crippen molar-refractivity contribution in [1.82, 2.24) is 9.80 Å². The maximum Gasteiger partial charge on any atom is 0.253 e. The lowest BCUT2D eigenvalue weighted by Gasteiger charge is -2.40. The molecule has 3 aromatic carbocycles. The van der Waals surface area contributed by atoms with Crippen molar-refractivity contribution in [3.05, 3.63) is 99.3 Å². The number of hydrogen-bond acceptors (Lipinski definition) is 3. The molecule has 3 aromatic rings. The molecule has 0 aliphatic carbocycles. The monoisotopic (exact) mass is 539 g/mol. The number of carbonyl (C=O) groups is 1. The van der Waals surface area contributed by atoms with Gasteiger partial charge in [0.25, 0.3) is 5.91 Å². The van der Waals surface area contributed by atoms with Crippen molar-refractivity contribution in [1.29, 1.82) is 0 Å². The number of halogens is 3. The number of anilines is 1. The molecule has 0 saturated carbocycles. The Labute approximate surface area is 228 Å². The van der Waals surface area contributed by atoms with Gasteiger partial charge in [0.1, 0.15) is 5.82 Å². The quantitative estimate of drug-likeness (QED) is 0.357. The highest BCUT2D eigenvalue weighted by molar-refractivity contribution is 6.42. The van der Waals surface area contributed by atoms with E-state index in [4.69, 9.17) is 23.2 Å². The third kappa shape index (κ3) is 5.50. The maximum absolute atomic E-state index is 14.7. The van der Waals surface area contributed by atoms with Gasteiger partial charge >= 0.3 is 0 Å². The van der Waals surface area contributed by atoms with Gasteiger partial charge in [0.05, 0.1) is 10.0 Å². The molecule has 5 rings (SSSR count). The van der Waals surface area contributed by atoms with Gasteiger partial charge < -0.3 is 15.1 Å². The van der Waals surface area contributed by atoms with E-state index in [0.717, 1.165) is 62.3 Å². The number of fused-ring (bicyclic) bond motifs is 2. The summed E-state index contributed by atoms with van der Waals surface area (Å²) in [4.78, 5) is 17.3. The number of likely N-dealkylation sites (N-methyl/N-ethyl adjacent to an activating group) is 1. The molecule has 194 valence electrons. The van der Waals surface area contributed by atoms with E-state index in [2.05, 4.69) is 10.2 Å². The van der Waals surface area contributed by atoms with E-state index in [9.17, 15) is 9.18 Å². The second-order valence-corrected chi connectivity index (χ2v) is 11.2. The van der Waals surface area contributed by atoms with Crippen molar-refractivity contribution >= 4 is 34.8 Å². The Bertz CT molecular complexity index is 1260. The molecular weight excluding hydrogens is 508 g/mol. The predicted octanol–water partition coefficient (Wildman–Crippen LogP) is 6.84. The second kappa shape index (κ2) is 11.0. The number of nitrogens with one attached hydrogen (secondary N) is 1. The van der Waals surface area contributed by atoms with Crippen molar-refractivity contribution in [2.45, 2.75) is 30.6 Å². The van der Waals surface area contributed by atoms with Crippen LogP contribution in [0, 0.1) is 5.82 Å². The van der Waals surface area contributed by atoms with Crippen molar-refractivity contribution in [3.63, 3.8) is 0 Å². The van der Waals surface area contributed by atoms with E-state index in [1.807, 2.05) is 61.6 Å². The summed E-state index contributed by atoms with van der Waals surface area (Å²) in [5.41, 5.74) is 3.44. The summed E-state index contributed by atoms with van der Waals surface area (Å²) < 4.78 is 14.7. The molecule has 1 fully saturated rings. The van der Waals surface area contributed by atoms with Crippen LogP contribution in [-0.4, -0.2) is 55.5 Å². The van der Waals surface area contributed by atoms with E-state index in [0.29, 0.717) is 22.2 Å². The zero-order valence-electron chi connectivity index (χ0n) is 21.0. The number of carbonyl (C=O) groups excluding carboxylic acids is 1. The van der Waals surface area contributed by atoms with Gasteiger partial charge in [0.2, 0.25) is 0 Å². The fourth-order valence-corrected chi connectivity index (χ4v) is 6.18. The number of nitrogens with zero attached hydrogens (tertiary/aromatic N) is 2. The minimum atomic E-state index is -0.122. The lowest BCUT2D eigenvalue weighted by molar-refractivity contribution is 0.0780.